The molecule has 6 nitrogen and oxygen atoms in total. The van der Waals surface area contributed by atoms with Gasteiger partial charge in [-0.05, 0) is 30.7 Å². The number of hydrogen-bond acceptors (Lipinski definition) is 6. The van der Waals surface area contributed by atoms with E-state index in [1.54, 1.807) is 0 Å². The minimum absolute atomic E-state index is 0.116. The number of aliphatic hydroxyl groups excluding tert-OH is 1. The molecule has 0 saturated carbocycles. The molecule has 7 heteroatoms. The Morgan fingerprint density at radius 1 is 1.26 bits per heavy atom. The molecule has 0 radical (unpaired) electrons. The highest BCUT2D eigenvalue weighted by Gasteiger charge is 2.21. The number of methoxy groups -OCH3 is 2. The molecule has 0 fully saturated rings. The van der Waals surface area contributed by atoms with Gasteiger partial charge in [-0.3, -0.25) is 0 Å². The molecule has 0 heterocycles. The van der Waals surface area contributed by atoms with Gasteiger partial charge in [0.1, 0.15) is 5.75 Å². The summed E-state index contributed by atoms with van der Waals surface area (Å²) in [6.07, 6.45) is -1.64. The van der Waals surface area contributed by atoms with Crippen LogP contribution >= 0.6 is 0 Å². The lowest BCUT2D eigenvalue weighted by Gasteiger charge is -2.09. The van der Waals surface area contributed by atoms with Crippen LogP contribution < -0.4 is 4.74 Å². The summed E-state index contributed by atoms with van der Waals surface area (Å²) in [7, 11) is -0.935. The third-order valence-electron chi connectivity index (χ3n) is 2.55. The number of carbonyl (C=O) groups is 1. The van der Waals surface area contributed by atoms with Crippen molar-refractivity contribution in [3.63, 3.8) is 0 Å². The Morgan fingerprint density at radius 2 is 1.84 bits per heavy atom. The summed E-state index contributed by atoms with van der Waals surface area (Å²) in [5.74, 6) is -0.631. The molecule has 1 atom stereocenters. The molecule has 0 aliphatic heterocycles. The number of carbonyl (C=O) groups excluding carboxylic acids is 1. The zero-order chi connectivity index (χ0) is 14.5. The average molecular weight is 288 g/mol. The molecule has 19 heavy (non-hydrogen) atoms. The SMILES string of the molecule is COC(=O)[C@H](O)CCS(=O)(=O)c1ccc(OC)cc1. The van der Waals surface area contributed by atoms with E-state index >= 15 is 0 Å². The topological polar surface area (TPSA) is 89.9 Å². The lowest BCUT2D eigenvalue weighted by molar-refractivity contribution is -0.150. The molecule has 0 aliphatic rings. The first kappa shape index (κ1) is 15.5. The van der Waals surface area contributed by atoms with E-state index in [2.05, 4.69) is 4.74 Å². The predicted octanol–water partition coefficient (Wildman–Crippen LogP) is 0.393. The molecule has 106 valence electrons. The van der Waals surface area contributed by atoms with Crippen LogP contribution in [0.2, 0.25) is 0 Å². The molecule has 0 aromatic heterocycles. The van der Waals surface area contributed by atoms with E-state index in [1.807, 2.05) is 0 Å². The summed E-state index contributed by atoms with van der Waals surface area (Å²) in [4.78, 5) is 11.1. The zero-order valence-corrected chi connectivity index (χ0v) is 11.5. The minimum Gasteiger partial charge on any atom is -0.497 e. The van der Waals surface area contributed by atoms with Crippen molar-refractivity contribution >= 4 is 15.8 Å². The molecule has 0 unspecified atom stereocenters. The average Bonchev–Trinajstić information content (AvgIpc) is 2.44. The van der Waals surface area contributed by atoms with E-state index in [4.69, 9.17) is 4.74 Å². The van der Waals surface area contributed by atoms with Crippen molar-refractivity contribution < 1.29 is 27.8 Å². The second-order valence-electron chi connectivity index (χ2n) is 3.82. The van der Waals surface area contributed by atoms with Crippen molar-refractivity contribution in [1.82, 2.24) is 0 Å². The number of rotatable bonds is 6. The lowest BCUT2D eigenvalue weighted by atomic mass is 10.3. The van der Waals surface area contributed by atoms with Crippen molar-refractivity contribution in [2.75, 3.05) is 20.0 Å². The molecule has 1 aromatic rings. The van der Waals surface area contributed by atoms with E-state index < -0.39 is 21.9 Å². The first-order valence-electron chi connectivity index (χ1n) is 5.53. The first-order valence-corrected chi connectivity index (χ1v) is 7.18. The van der Waals surface area contributed by atoms with Gasteiger partial charge >= 0.3 is 5.97 Å². The maximum Gasteiger partial charge on any atom is 0.334 e. The second kappa shape index (κ2) is 6.53. The van der Waals surface area contributed by atoms with Crippen LogP contribution in [0, 0.1) is 0 Å². The summed E-state index contributed by atoms with van der Waals surface area (Å²) >= 11 is 0. The van der Waals surface area contributed by atoms with Gasteiger partial charge in [-0.15, -0.1) is 0 Å². The standard InChI is InChI=1S/C12H16O6S/c1-17-9-3-5-10(6-4-9)19(15,16)8-7-11(13)12(14)18-2/h3-6,11,13H,7-8H2,1-2H3/t11-/m1/s1. The number of sulfone groups is 1. The number of esters is 1. The van der Waals surface area contributed by atoms with E-state index in [0.717, 1.165) is 7.11 Å². The number of benzene rings is 1. The van der Waals surface area contributed by atoms with Crippen LogP contribution in [0.25, 0.3) is 0 Å². The van der Waals surface area contributed by atoms with Crippen LogP contribution in [-0.4, -0.2) is 45.6 Å². The Hall–Kier alpha value is -1.60. The van der Waals surface area contributed by atoms with Crippen molar-refractivity contribution in [3.8, 4) is 5.75 Å². The van der Waals surface area contributed by atoms with Crippen molar-refractivity contribution in [2.45, 2.75) is 17.4 Å². The van der Waals surface area contributed by atoms with Crippen LogP contribution in [0.15, 0.2) is 29.2 Å². The van der Waals surface area contributed by atoms with Gasteiger partial charge in [0.2, 0.25) is 0 Å². The fourth-order valence-electron chi connectivity index (χ4n) is 1.42. The molecule has 0 saturated heterocycles. The summed E-state index contributed by atoms with van der Waals surface area (Å²) in [6.45, 7) is 0. The normalized spacial score (nSPS) is 12.8. The molecule has 1 aromatic carbocycles. The second-order valence-corrected chi connectivity index (χ2v) is 5.93. The van der Waals surface area contributed by atoms with Crippen LogP contribution in [0.5, 0.6) is 5.75 Å². The van der Waals surface area contributed by atoms with Gasteiger partial charge in [0.05, 0.1) is 24.9 Å². The summed E-state index contributed by atoms with van der Waals surface area (Å²) < 4.78 is 33.1. The van der Waals surface area contributed by atoms with Gasteiger partial charge in [0.25, 0.3) is 0 Å². The first-order chi connectivity index (χ1) is 8.90. The van der Waals surface area contributed by atoms with Gasteiger partial charge in [-0.2, -0.15) is 0 Å². The third-order valence-corrected chi connectivity index (χ3v) is 4.32. The van der Waals surface area contributed by atoms with E-state index in [1.165, 1.54) is 31.4 Å². The summed E-state index contributed by atoms with van der Waals surface area (Å²) in [6, 6.07) is 5.89. The Balaban J connectivity index is 2.72. The Kier molecular flexibility index (Phi) is 5.31. The van der Waals surface area contributed by atoms with Gasteiger partial charge in [0.15, 0.2) is 15.9 Å². The fraction of sp³-hybridized carbons (Fsp3) is 0.417. The largest absolute Gasteiger partial charge is 0.497 e. The lowest BCUT2D eigenvalue weighted by Crippen LogP contribution is -2.24. The Bertz CT molecular complexity index is 520. The zero-order valence-electron chi connectivity index (χ0n) is 10.7. The molecular formula is C12H16O6S. The quantitative estimate of drug-likeness (QED) is 0.762. The van der Waals surface area contributed by atoms with Crippen molar-refractivity contribution in [3.05, 3.63) is 24.3 Å². The maximum atomic E-state index is 11.9. The molecule has 1 N–H and O–H groups in total. The highest BCUT2D eigenvalue weighted by Crippen LogP contribution is 2.17. The molecule has 0 bridgehead atoms. The summed E-state index contributed by atoms with van der Waals surface area (Å²) in [5.41, 5.74) is 0. The molecule has 1 rings (SSSR count). The third kappa shape index (κ3) is 4.22. The molecule has 0 spiro atoms. The smallest absolute Gasteiger partial charge is 0.334 e. The number of aliphatic hydroxyl groups is 1. The van der Waals surface area contributed by atoms with Gasteiger partial charge in [-0.25, -0.2) is 13.2 Å². The van der Waals surface area contributed by atoms with Crippen molar-refractivity contribution in [1.29, 1.82) is 0 Å². The van der Waals surface area contributed by atoms with Crippen LogP contribution in [0.1, 0.15) is 6.42 Å². The van der Waals surface area contributed by atoms with E-state index in [9.17, 15) is 18.3 Å². The fourth-order valence-corrected chi connectivity index (χ4v) is 2.74. The van der Waals surface area contributed by atoms with Crippen LogP contribution in [0.3, 0.4) is 0 Å². The van der Waals surface area contributed by atoms with Crippen LogP contribution in [-0.2, 0) is 19.4 Å². The molecule has 0 amide bonds. The Labute approximate surface area is 111 Å². The summed E-state index contributed by atoms with van der Waals surface area (Å²) in [5, 5.41) is 9.35. The monoisotopic (exact) mass is 288 g/mol. The highest BCUT2D eigenvalue weighted by atomic mass is 32.2. The van der Waals surface area contributed by atoms with E-state index in [-0.39, 0.29) is 17.1 Å². The number of ether oxygens (including phenoxy) is 2. The minimum atomic E-state index is -3.55. The predicted molar refractivity (Wildman–Crippen MR) is 67.7 cm³/mol. The van der Waals surface area contributed by atoms with E-state index in [0.29, 0.717) is 5.75 Å². The Morgan fingerprint density at radius 3 is 2.32 bits per heavy atom. The van der Waals surface area contributed by atoms with Gasteiger partial charge in [0, 0.05) is 0 Å². The number of hydrogen-bond donors (Lipinski definition) is 1. The molecular weight excluding hydrogens is 272 g/mol. The van der Waals surface area contributed by atoms with Crippen molar-refractivity contribution in [2.24, 2.45) is 0 Å². The highest BCUT2D eigenvalue weighted by molar-refractivity contribution is 7.91. The van der Waals surface area contributed by atoms with Gasteiger partial charge in [-0.1, -0.05) is 0 Å². The maximum absolute atomic E-state index is 11.9. The van der Waals surface area contributed by atoms with Crippen LogP contribution in [0.4, 0.5) is 0 Å². The molecule has 0 aliphatic carbocycles. The van der Waals surface area contributed by atoms with Gasteiger partial charge < -0.3 is 14.6 Å².